The van der Waals surface area contributed by atoms with Crippen molar-refractivity contribution in [3.8, 4) is 5.75 Å². The minimum absolute atomic E-state index is 0.0395. The minimum atomic E-state index is -1.05. The number of nitrogens with one attached hydrogen (secondary N) is 1. The van der Waals surface area contributed by atoms with E-state index in [0.717, 1.165) is 18.4 Å². The normalized spacial score (nSPS) is 22.3. The van der Waals surface area contributed by atoms with Crippen LogP contribution in [0.15, 0.2) is 34.8 Å². The van der Waals surface area contributed by atoms with Gasteiger partial charge < -0.3 is 15.2 Å². The summed E-state index contributed by atoms with van der Waals surface area (Å²) >= 11 is 3.59. The molecule has 2 N–H and O–H groups in total. The first kappa shape index (κ1) is 20.0. The SMILES string of the molecule is CC1(C)Oc2c(cc3c(c2Br)CCCC3=O)C(NC(=O)c2ccc(F)cc2)C1O. The second-order valence-electron chi connectivity index (χ2n) is 8.02. The summed E-state index contributed by atoms with van der Waals surface area (Å²) in [5.74, 6) is -0.318. The first-order chi connectivity index (χ1) is 13.7. The van der Waals surface area contributed by atoms with Crippen LogP contribution in [0, 0.1) is 5.82 Å². The molecule has 0 bridgehead atoms. The quantitative estimate of drug-likeness (QED) is 0.705. The smallest absolute Gasteiger partial charge is 0.251 e. The molecule has 29 heavy (non-hydrogen) atoms. The first-order valence-electron chi connectivity index (χ1n) is 9.51. The fraction of sp³-hybridized carbons (Fsp3) is 0.364. The molecule has 1 aliphatic carbocycles. The average molecular weight is 462 g/mol. The molecule has 0 aromatic heterocycles. The molecule has 4 rings (SSSR count). The maximum atomic E-state index is 13.2. The lowest BCUT2D eigenvalue weighted by atomic mass is 9.82. The Kier molecular flexibility index (Phi) is 4.99. The maximum absolute atomic E-state index is 13.2. The molecule has 2 aromatic carbocycles. The Hall–Kier alpha value is -2.25. The molecule has 0 radical (unpaired) electrons. The lowest BCUT2D eigenvalue weighted by Crippen LogP contribution is -2.53. The van der Waals surface area contributed by atoms with E-state index in [9.17, 15) is 19.1 Å². The van der Waals surface area contributed by atoms with Crippen molar-refractivity contribution in [3.05, 3.63) is 62.9 Å². The third kappa shape index (κ3) is 3.46. The zero-order chi connectivity index (χ0) is 20.9. The number of ether oxygens (including phenoxy) is 1. The van der Waals surface area contributed by atoms with Crippen LogP contribution >= 0.6 is 15.9 Å². The van der Waals surface area contributed by atoms with Crippen molar-refractivity contribution >= 4 is 27.6 Å². The van der Waals surface area contributed by atoms with Gasteiger partial charge in [-0.1, -0.05) is 0 Å². The second kappa shape index (κ2) is 7.22. The molecule has 2 atom stereocenters. The number of fused-ring (bicyclic) bond motifs is 2. The molecule has 0 spiro atoms. The minimum Gasteiger partial charge on any atom is -0.483 e. The number of hydrogen-bond donors (Lipinski definition) is 2. The summed E-state index contributed by atoms with van der Waals surface area (Å²) in [6.07, 6.45) is 0.955. The summed E-state index contributed by atoms with van der Waals surface area (Å²) in [5, 5.41) is 13.8. The summed E-state index contributed by atoms with van der Waals surface area (Å²) in [5.41, 5.74) is 1.35. The highest BCUT2D eigenvalue weighted by atomic mass is 79.9. The van der Waals surface area contributed by atoms with Crippen molar-refractivity contribution < 1.29 is 23.8 Å². The van der Waals surface area contributed by atoms with Crippen LogP contribution in [-0.2, 0) is 6.42 Å². The highest BCUT2D eigenvalue weighted by Crippen LogP contribution is 2.47. The van der Waals surface area contributed by atoms with Crippen molar-refractivity contribution in [3.63, 3.8) is 0 Å². The molecule has 2 unspecified atom stereocenters. The van der Waals surface area contributed by atoms with Crippen molar-refractivity contribution in [2.45, 2.75) is 50.9 Å². The summed E-state index contributed by atoms with van der Waals surface area (Å²) in [6, 6.07) is 6.12. The molecule has 1 amide bonds. The fourth-order valence-electron chi connectivity index (χ4n) is 3.96. The van der Waals surface area contributed by atoms with Gasteiger partial charge in [0.2, 0.25) is 0 Å². The number of carbonyl (C=O) groups excluding carboxylic acids is 2. The first-order valence-corrected chi connectivity index (χ1v) is 10.3. The molecule has 0 saturated heterocycles. The molecule has 7 heteroatoms. The van der Waals surface area contributed by atoms with Crippen LogP contribution in [0.2, 0.25) is 0 Å². The van der Waals surface area contributed by atoms with Gasteiger partial charge in [-0.3, -0.25) is 9.59 Å². The van der Waals surface area contributed by atoms with E-state index in [-0.39, 0.29) is 11.3 Å². The van der Waals surface area contributed by atoms with Gasteiger partial charge in [0, 0.05) is 23.1 Å². The number of ketones is 1. The Morgan fingerprint density at radius 3 is 2.66 bits per heavy atom. The lowest BCUT2D eigenvalue weighted by molar-refractivity contribution is -0.0633. The number of halogens is 2. The van der Waals surface area contributed by atoms with Crippen molar-refractivity contribution in [1.29, 1.82) is 0 Å². The van der Waals surface area contributed by atoms with Crippen molar-refractivity contribution in [2.75, 3.05) is 0 Å². The molecular formula is C22H21BrFNO4. The topological polar surface area (TPSA) is 75.6 Å². The van der Waals surface area contributed by atoms with Crippen LogP contribution in [0.4, 0.5) is 4.39 Å². The number of aliphatic hydroxyl groups excluding tert-OH is 1. The molecule has 0 saturated carbocycles. The molecule has 0 fully saturated rings. The largest absolute Gasteiger partial charge is 0.483 e. The zero-order valence-corrected chi connectivity index (χ0v) is 17.7. The third-order valence-electron chi connectivity index (χ3n) is 5.60. The number of aliphatic hydroxyl groups is 1. The maximum Gasteiger partial charge on any atom is 0.251 e. The summed E-state index contributed by atoms with van der Waals surface area (Å²) < 4.78 is 20.0. The highest BCUT2D eigenvalue weighted by molar-refractivity contribution is 9.10. The van der Waals surface area contributed by atoms with Crippen LogP contribution < -0.4 is 10.1 Å². The van der Waals surface area contributed by atoms with Crippen LogP contribution in [0.5, 0.6) is 5.75 Å². The molecule has 152 valence electrons. The van der Waals surface area contributed by atoms with Gasteiger partial charge in [-0.2, -0.15) is 0 Å². The van der Waals surface area contributed by atoms with Gasteiger partial charge in [-0.25, -0.2) is 4.39 Å². The standard InChI is InChI=1S/C22H21BrFNO4/c1-22(2)20(27)18(25-21(28)11-6-8-12(24)9-7-11)15-10-14-13(4-3-5-16(14)26)17(23)19(15)29-22/h6-10,18,20,27H,3-5H2,1-2H3,(H,25,28). The van der Waals surface area contributed by atoms with Crippen LogP contribution in [0.25, 0.3) is 0 Å². The van der Waals surface area contributed by atoms with Gasteiger partial charge in [0.05, 0.1) is 10.5 Å². The van der Waals surface area contributed by atoms with E-state index >= 15 is 0 Å². The number of Topliss-reactive ketones (excluding diaryl/α,β-unsaturated/α-hetero) is 1. The fourth-order valence-corrected chi connectivity index (χ4v) is 4.68. The van der Waals surface area contributed by atoms with Gasteiger partial charge in [0.25, 0.3) is 5.91 Å². The average Bonchev–Trinajstić information content (AvgIpc) is 2.68. The Balaban J connectivity index is 1.79. The van der Waals surface area contributed by atoms with Gasteiger partial charge >= 0.3 is 0 Å². The van der Waals surface area contributed by atoms with Crippen molar-refractivity contribution in [2.24, 2.45) is 0 Å². The van der Waals surface area contributed by atoms with E-state index in [2.05, 4.69) is 21.2 Å². The molecule has 2 aromatic rings. The molecule has 5 nitrogen and oxygen atoms in total. The molecule has 1 aliphatic heterocycles. The molecule has 1 heterocycles. The Morgan fingerprint density at radius 2 is 1.97 bits per heavy atom. The Labute approximate surface area is 176 Å². The Morgan fingerprint density at radius 1 is 1.28 bits per heavy atom. The van der Waals surface area contributed by atoms with E-state index in [0.29, 0.717) is 27.8 Å². The Bertz CT molecular complexity index is 1000. The number of hydrogen-bond acceptors (Lipinski definition) is 4. The zero-order valence-electron chi connectivity index (χ0n) is 16.1. The molecule has 2 aliphatic rings. The highest BCUT2D eigenvalue weighted by Gasteiger charge is 2.45. The van der Waals surface area contributed by atoms with Gasteiger partial charge in [0.15, 0.2) is 5.78 Å². The van der Waals surface area contributed by atoms with Gasteiger partial charge in [-0.05, 0) is 78.5 Å². The predicted octanol–water partition coefficient (Wildman–Crippen LogP) is 4.11. The third-order valence-corrected chi connectivity index (χ3v) is 6.44. The van der Waals surface area contributed by atoms with E-state index in [1.54, 1.807) is 19.9 Å². The van der Waals surface area contributed by atoms with Gasteiger partial charge in [0.1, 0.15) is 23.3 Å². The van der Waals surface area contributed by atoms with Crippen LogP contribution in [0.1, 0.15) is 64.6 Å². The number of benzene rings is 2. The van der Waals surface area contributed by atoms with E-state index < -0.39 is 29.5 Å². The van der Waals surface area contributed by atoms with Crippen LogP contribution in [-0.4, -0.2) is 28.5 Å². The van der Waals surface area contributed by atoms with E-state index in [4.69, 9.17) is 4.74 Å². The summed E-state index contributed by atoms with van der Waals surface area (Å²) in [4.78, 5) is 25.2. The lowest BCUT2D eigenvalue weighted by Gasteiger charge is -2.43. The van der Waals surface area contributed by atoms with Crippen molar-refractivity contribution in [1.82, 2.24) is 5.32 Å². The van der Waals surface area contributed by atoms with Gasteiger partial charge in [-0.15, -0.1) is 0 Å². The summed E-state index contributed by atoms with van der Waals surface area (Å²) in [6.45, 7) is 3.49. The van der Waals surface area contributed by atoms with E-state index in [1.165, 1.54) is 24.3 Å². The molecular weight excluding hydrogens is 441 g/mol. The monoisotopic (exact) mass is 461 g/mol. The number of carbonyl (C=O) groups is 2. The summed E-state index contributed by atoms with van der Waals surface area (Å²) in [7, 11) is 0. The van der Waals surface area contributed by atoms with Crippen LogP contribution in [0.3, 0.4) is 0 Å². The van der Waals surface area contributed by atoms with E-state index in [1.807, 2.05) is 0 Å². The number of amides is 1. The second-order valence-corrected chi connectivity index (χ2v) is 8.81. The predicted molar refractivity (Wildman–Crippen MR) is 109 cm³/mol. The number of rotatable bonds is 2.